The normalized spacial score (nSPS) is 11.6. The maximum absolute atomic E-state index is 10.2. The van der Waals surface area contributed by atoms with Crippen molar-refractivity contribution >= 4 is 45.6 Å². The van der Waals surface area contributed by atoms with Crippen molar-refractivity contribution in [3.8, 4) is 5.88 Å². The van der Waals surface area contributed by atoms with Gasteiger partial charge in [-0.2, -0.15) is 0 Å². The number of aromatic nitrogens is 2. The van der Waals surface area contributed by atoms with Crippen molar-refractivity contribution in [2.45, 2.75) is 0 Å². The second kappa shape index (κ2) is 5.35. The van der Waals surface area contributed by atoms with Gasteiger partial charge in [-0.1, -0.05) is 29.3 Å². The Kier molecular flexibility index (Phi) is 3.53. The van der Waals surface area contributed by atoms with Gasteiger partial charge in [0.15, 0.2) is 11.5 Å². The summed E-state index contributed by atoms with van der Waals surface area (Å²) in [5.41, 5.74) is 1.05. The van der Waals surface area contributed by atoms with Gasteiger partial charge >= 0.3 is 0 Å². The Morgan fingerprint density at radius 1 is 1.14 bits per heavy atom. The average Bonchev–Trinajstić information content (AvgIpc) is 2.71. The van der Waals surface area contributed by atoms with Crippen molar-refractivity contribution in [3.05, 3.63) is 46.6 Å². The molecule has 0 aliphatic carbocycles. The van der Waals surface area contributed by atoms with Gasteiger partial charge in [-0.3, -0.25) is 0 Å². The van der Waals surface area contributed by atoms with Crippen molar-refractivity contribution in [3.63, 3.8) is 0 Å². The second-order valence-electron chi connectivity index (χ2n) is 4.40. The molecule has 0 bridgehead atoms. The van der Waals surface area contributed by atoms with Crippen LogP contribution in [0.4, 0.5) is 11.5 Å². The Morgan fingerprint density at radius 2 is 1.90 bits per heavy atom. The molecule has 2 aromatic heterocycles. The number of benzene rings is 1. The molecule has 0 amide bonds. The number of nitrogens with zero attached hydrogens (tertiary/aromatic N) is 4. The fourth-order valence-corrected chi connectivity index (χ4v) is 2.33. The Hall–Kier alpha value is -2.11. The first-order valence-electron chi connectivity index (χ1n) is 6.07. The van der Waals surface area contributed by atoms with E-state index in [4.69, 9.17) is 23.2 Å². The maximum Gasteiger partial charge on any atom is 0.220 e. The molecule has 0 fully saturated rings. The first kappa shape index (κ1) is 13.9. The molecule has 7 heteroatoms. The van der Waals surface area contributed by atoms with Gasteiger partial charge in [0, 0.05) is 18.6 Å². The molecule has 0 unspecified atom stereocenters. The molecule has 0 atom stereocenters. The monoisotopic (exact) mass is 320 g/mol. The van der Waals surface area contributed by atoms with Crippen molar-refractivity contribution in [1.29, 1.82) is 0 Å². The van der Waals surface area contributed by atoms with E-state index in [1.807, 2.05) is 0 Å². The molecule has 1 aromatic carbocycles. The molecule has 0 saturated heterocycles. The third-order valence-corrected chi connectivity index (χ3v) is 3.81. The van der Waals surface area contributed by atoms with E-state index in [1.54, 1.807) is 48.1 Å². The first-order chi connectivity index (χ1) is 10.1. The number of hydrogen-bond acceptors (Lipinski definition) is 4. The molecule has 3 rings (SSSR count). The average molecular weight is 321 g/mol. The van der Waals surface area contributed by atoms with Gasteiger partial charge in [0.2, 0.25) is 5.88 Å². The number of azo groups is 1. The summed E-state index contributed by atoms with van der Waals surface area (Å²) in [5.74, 6) is 0.442. The smallest absolute Gasteiger partial charge is 0.220 e. The molecule has 1 N–H and O–H groups in total. The number of aryl methyl sites for hydroxylation is 1. The van der Waals surface area contributed by atoms with Crippen LogP contribution in [-0.4, -0.2) is 14.7 Å². The summed E-state index contributed by atoms with van der Waals surface area (Å²) >= 11 is 12.0. The van der Waals surface area contributed by atoms with E-state index < -0.39 is 0 Å². The predicted molar refractivity (Wildman–Crippen MR) is 83.0 cm³/mol. The maximum atomic E-state index is 10.2. The molecule has 0 spiro atoms. The summed E-state index contributed by atoms with van der Waals surface area (Å²) in [6, 6.07) is 8.65. The van der Waals surface area contributed by atoms with E-state index in [1.165, 1.54) is 0 Å². The summed E-state index contributed by atoms with van der Waals surface area (Å²) in [6.07, 6.45) is 1.62. The summed E-state index contributed by atoms with van der Waals surface area (Å²) in [4.78, 5) is 4.05. The van der Waals surface area contributed by atoms with Crippen LogP contribution in [0.15, 0.2) is 46.8 Å². The lowest BCUT2D eigenvalue weighted by molar-refractivity contribution is 0.436. The van der Waals surface area contributed by atoms with Gasteiger partial charge in [0.05, 0.1) is 15.6 Å². The van der Waals surface area contributed by atoms with Crippen LogP contribution >= 0.6 is 23.2 Å². The third kappa shape index (κ3) is 2.46. The molecule has 106 valence electrons. The summed E-state index contributed by atoms with van der Waals surface area (Å²) in [7, 11) is 1.71. The van der Waals surface area contributed by atoms with Crippen LogP contribution in [0.5, 0.6) is 5.88 Å². The van der Waals surface area contributed by atoms with Gasteiger partial charge in [-0.15, -0.1) is 10.2 Å². The lowest BCUT2D eigenvalue weighted by Crippen LogP contribution is -1.85. The quantitative estimate of drug-likeness (QED) is 0.675. The molecular formula is C14H10Cl2N4O. The first-order valence-corrected chi connectivity index (χ1v) is 6.82. The van der Waals surface area contributed by atoms with Crippen molar-refractivity contribution in [1.82, 2.24) is 9.55 Å². The SMILES string of the molecule is Cn1c(O)c(N=Nc2ccccn2)c2cc(Cl)c(Cl)cc21. The highest BCUT2D eigenvalue weighted by molar-refractivity contribution is 6.43. The molecule has 21 heavy (non-hydrogen) atoms. The third-order valence-electron chi connectivity index (χ3n) is 3.09. The summed E-state index contributed by atoms with van der Waals surface area (Å²) < 4.78 is 1.57. The van der Waals surface area contributed by atoms with Crippen molar-refractivity contribution < 1.29 is 5.11 Å². The molecule has 0 aliphatic heterocycles. The molecular weight excluding hydrogens is 311 g/mol. The largest absolute Gasteiger partial charge is 0.493 e. The van der Waals surface area contributed by atoms with Crippen molar-refractivity contribution in [2.75, 3.05) is 0 Å². The van der Waals surface area contributed by atoms with Crippen LogP contribution in [0.25, 0.3) is 10.9 Å². The second-order valence-corrected chi connectivity index (χ2v) is 5.22. The van der Waals surface area contributed by atoms with Gasteiger partial charge < -0.3 is 9.67 Å². The minimum Gasteiger partial charge on any atom is -0.493 e. The fraction of sp³-hybridized carbons (Fsp3) is 0.0714. The van der Waals surface area contributed by atoms with Gasteiger partial charge in [-0.25, -0.2) is 4.98 Å². The van der Waals surface area contributed by atoms with E-state index in [-0.39, 0.29) is 5.88 Å². The summed E-state index contributed by atoms with van der Waals surface area (Å²) in [5, 5.41) is 19.8. The Morgan fingerprint density at radius 3 is 2.62 bits per heavy atom. The zero-order chi connectivity index (χ0) is 15.0. The van der Waals surface area contributed by atoms with Gasteiger partial charge in [0.25, 0.3) is 0 Å². The predicted octanol–water partition coefficient (Wildman–Crippen LogP) is 5.00. The van der Waals surface area contributed by atoms with Crippen LogP contribution < -0.4 is 0 Å². The topological polar surface area (TPSA) is 62.8 Å². The minimum atomic E-state index is -0.0111. The van der Waals surface area contributed by atoms with E-state index in [9.17, 15) is 5.11 Å². The molecule has 0 saturated carbocycles. The number of aromatic hydroxyl groups is 1. The Balaban J connectivity index is 2.16. The number of fused-ring (bicyclic) bond motifs is 1. The molecule has 3 aromatic rings. The van der Waals surface area contributed by atoms with Crippen LogP contribution in [0.2, 0.25) is 10.0 Å². The fourth-order valence-electron chi connectivity index (χ4n) is 2.01. The lowest BCUT2D eigenvalue weighted by Gasteiger charge is -1.98. The standard InChI is InChI=1S/C14H10Cl2N4O/c1-20-11-7-10(16)9(15)6-8(11)13(14(20)21)19-18-12-4-2-3-5-17-12/h2-7,21H,1H3. The van der Waals surface area contributed by atoms with E-state index in [0.29, 0.717) is 26.9 Å². The van der Waals surface area contributed by atoms with Crippen molar-refractivity contribution in [2.24, 2.45) is 17.3 Å². The highest BCUT2D eigenvalue weighted by Gasteiger charge is 2.16. The molecule has 0 radical (unpaired) electrons. The Bertz CT molecular complexity index is 843. The molecule has 2 heterocycles. The highest BCUT2D eigenvalue weighted by Crippen LogP contribution is 2.41. The van der Waals surface area contributed by atoms with Crippen LogP contribution in [-0.2, 0) is 7.05 Å². The summed E-state index contributed by atoms with van der Waals surface area (Å²) in [6.45, 7) is 0. The molecule has 5 nitrogen and oxygen atoms in total. The zero-order valence-corrected chi connectivity index (χ0v) is 12.5. The number of halogens is 2. The van der Waals surface area contributed by atoms with E-state index >= 15 is 0 Å². The Labute approximate surface area is 130 Å². The van der Waals surface area contributed by atoms with Crippen LogP contribution in [0.3, 0.4) is 0 Å². The number of hydrogen-bond donors (Lipinski definition) is 1. The van der Waals surface area contributed by atoms with Gasteiger partial charge in [0.1, 0.15) is 0 Å². The molecule has 0 aliphatic rings. The lowest BCUT2D eigenvalue weighted by atomic mass is 10.2. The van der Waals surface area contributed by atoms with E-state index in [2.05, 4.69) is 15.2 Å². The highest BCUT2D eigenvalue weighted by atomic mass is 35.5. The van der Waals surface area contributed by atoms with Gasteiger partial charge in [-0.05, 0) is 24.3 Å². The number of pyridine rings is 1. The minimum absolute atomic E-state index is 0.0111. The zero-order valence-electron chi connectivity index (χ0n) is 11.0. The van der Waals surface area contributed by atoms with Crippen LogP contribution in [0.1, 0.15) is 0 Å². The van der Waals surface area contributed by atoms with Crippen LogP contribution in [0, 0.1) is 0 Å². The van der Waals surface area contributed by atoms with E-state index in [0.717, 1.165) is 5.52 Å². The number of rotatable bonds is 2.